The second kappa shape index (κ2) is 8.51. The summed E-state index contributed by atoms with van der Waals surface area (Å²) in [5, 5.41) is 13.1. The van der Waals surface area contributed by atoms with Gasteiger partial charge in [-0.1, -0.05) is 12.1 Å². The van der Waals surface area contributed by atoms with E-state index in [1.54, 1.807) is 11.0 Å². The summed E-state index contributed by atoms with van der Waals surface area (Å²) in [6.07, 6.45) is 0.755. The number of likely N-dealkylation sites (tertiary alicyclic amines) is 1. The van der Waals surface area contributed by atoms with Crippen LogP contribution in [0.4, 0.5) is 0 Å². The zero-order valence-electron chi connectivity index (χ0n) is 17.7. The van der Waals surface area contributed by atoms with E-state index in [0.717, 1.165) is 34.5 Å². The van der Waals surface area contributed by atoms with Gasteiger partial charge in [-0.25, -0.2) is 0 Å². The Morgan fingerprint density at radius 1 is 1.10 bits per heavy atom. The lowest BCUT2D eigenvalue weighted by molar-refractivity contribution is -0.139. The van der Waals surface area contributed by atoms with E-state index >= 15 is 0 Å². The fourth-order valence-electron chi connectivity index (χ4n) is 3.65. The molecule has 1 saturated heterocycles. The van der Waals surface area contributed by atoms with Crippen molar-refractivity contribution in [3.8, 4) is 0 Å². The zero-order chi connectivity index (χ0) is 21.3. The first-order valence-corrected chi connectivity index (χ1v) is 10.6. The second-order valence-electron chi connectivity index (χ2n) is 7.92. The van der Waals surface area contributed by atoms with Gasteiger partial charge in [0.1, 0.15) is 5.76 Å². The predicted octanol–water partition coefficient (Wildman–Crippen LogP) is 4.05. The molecular formula is C23H28N2O3S. The van der Waals surface area contributed by atoms with Crippen molar-refractivity contribution in [2.24, 2.45) is 0 Å². The number of rotatable bonds is 6. The highest BCUT2D eigenvalue weighted by atomic mass is 32.1. The highest BCUT2D eigenvalue weighted by Gasteiger charge is 2.46. The molecule has 154 valence electrons. The van der Waals surface area contributed by atoms with Crippen molar-refractivity contribution in [2.75, 3.05) is 27.2 Å². The Bertz CT molecular complexity index is 974. The molecule has 0 radical (unpaired) electrons. The standard InChI is InChI=1S/C23H28N2O3S/c1-14-7-8-17(13-16(14)3)20(26)18-19(22-15(2)9-12-29-22)25(23(28)21(18)27)11-6-10-24(4)5/h7-9,12-13,19,26H,6,10-11H2,1-5H3/b20-18-. The van der Waals surface area contributed by atoms with Gasteiger partial charge in [0, 0.05) is 17.0 Å². The molecule has 29 heavy (non-hydrogen) atoms. The number of carbonyl (C=O) groups excluding carboxylic acids is 2. The normalized spacial score (nSPS) is 18.8. The van der Waals surface area contributed by atoms with Gasteiger partial charge < -0.3 is 14.9 Å². The molecule has 3 rings (SSSR count). The van der Waals surface area contributed by atoms with E-state index in [1.165, 1.54) is 11.3 Å². The summed E-state index contributed by atoms with van der Waals surface area (Å²) in [5.74, 6) is -1.24. The number of nitrogens with zero attached hydrogens (tertiary/aromatic N) is 2. The average Bonchev–Trinajstić information content (AvgIpc) is 3.19. The van der Waals surface area contributed by atoms with Gasteiger partial charge in [-0.3, -0.25) is 9.59 Å². The number of thiophene rings is 1. The van der Waals surface area contributed by atoms with E-state index in [9.17, 15) is 14.7 Å². The van der Waals surface area contributed by atoms with E-state index < -0.39 is 17.7 Å². The van der Waals surface area contributed by atoms with Gasteiger partial charge in [0.05, 0.1) is 11.6 Å². The quantitative estimate of drug-likeness (QED) is 0.442. The Kier molecular flexibility index (Phi) is 6.24. The zero-order valence-corrected chi connectivity index (χ0v) is 18.5. The lowest BCUT2D eigenvalue weighted by atomic mass is 9.96. The van der Waals surface area contributed by atoms with Crippen molar-refractivity contribution in [3.63, 3.8) is 0 Å². The van der Waals surface area contributed by atoms with Crippen LogP contribution in [0.3, 0.4) is 0 Å². The lowest BCUT2D eigenvalue weighted by Crippen LogP contribution is -2.32. The summed E-state index contributed by atoms with van der Waals surface area (Å²) in [6.45, 7) is 7.22. The predicted molar refractivity (Wildman–Crippen MR) is 117 cm³/mol. The molecule has 1 aliphatic heterocycles. The van der Waals surface area contributed by atoms with Crippen LogP contribution in [-0.4, -0.2) is 53.8 Å². The summed E-state index contributed by atoms with van der Waals surface area (Å²) in [7, 11) is 3.96. The van der Waals surface area contributed by atoms with Crippen LogP contribution in [0.5, 0.6) is 0 Å². The SMILES string of the molecule is Cc1ccc(/C(O)=C2/C(=O)C(=O)N(CCCN(C)C)C2c2sccc2C)cc1C. The molecule has 2 aromatic rings. The first-order chi connectivity index (χ1) is 13.7. The fourth-order valence-corrected chi connectivity index (χ4v) is 4.70. The van der Waals surface area contributed by atoms with Crippen LogP contribution in [0, 0.1) is 20.8 Å². The minimum absolute atomic E-state index is 0.0978. The number of ketones is 1. The van der Waals surface area contributed by atoms with Crippen molar-refractivity contribution < 1.29 is 14.7 Å². The van der Waals surface area contributed by atoms with Crippen molar-refractivity contribution >= 4 is 28.8 Å². The molecule has 1 fully saturated rings. The molecule has 1 atom stereocenters. The number of aliphatic hydroxyl groups is 1. The molecule has 5 nitrogen and oxygen atoms in total. The number of Topliss-reactive ketones (excluding diaryl/α,β-unsaturated/α-hetero) is 1. The number of hydrogen-bond donors (Lipinski definition) is 1. The summed E-state index contributed by atoms with van der Waals surface area (Å²) >= 11 is 1.51. The summed E-state index contributed by atoms with van der Waals surface area (Å²) in [6, 6.07) is 7.02. The summed E-state index contributed by atoms with van der Waals surface area (Å²) in [4.78, 5) is 30.5. The van der Waals surface area contributed by atoms with Gasteiger partial charge in [-0.15, -0.1) is 11.3 Å². The van der Waals surface area contributed by atoms with Crippen LogP contribution in [0.2, 0.25) is 0 Å². The highest BCUT2D eigenvalue weighted by molar-refractivity contribution is 7.10. The van der Waals surface area contributed by atoms with Crippen LogP contribution in [-0.2, 0) is 9.59 Å². The Morgan fingerprint density at radius 2 is 1.83 bits per heavy atom. The summed E-state index contributed by atoms with van der Waals surface area (Å²) in [5.41, 5.74) is 3.91. The fraction of sp³-hybridized carbons (Fsp3) is 0.391. The van der Waals surface area contributed by atoms with Crippen LogP contribution in [0.15, 0.2) is 35.2 Å². The Hall–Kier alpha value is -2.44. The molecule has 0 spiro atoms. The Morgan fingerprint density at radius 3 is 2.41 bits per heavy atom. The van der Waals surface area contributed by atoms with Gasteiger partial charge in [0.2, 0.25) is 0 Å². The number of hydrogen-bond acceptors (Lipinski definition) is 5. The average molecular weight is 413 g/mol. The van der Waals surface area contributed by atoms with Crippen LogP contribution >= 0.6 is 11.3 Å². The Balaban J connectivity index is 2.10. The second-order valence-corrected chi connectivity index (χ2v) is 8.86. The molecule has 0 saturated carbocycles. The largest absolute Gasteiger partial charge is 0.507 e. The highest BCUT2D eigenvalue weighted by Crippen LogP contribution is 2.42. The number of aliphatic hydroxyl groups excluding tert-OH is 1. The maximum absolute atomic E-state index is 13.0. The first-order valence-electron chi connectivity index (χ1n) is 9.77. The molecule has 1 unspecified atom stereocenters. The van der Waals surface area contributed by atoms with E-state index in [1.807, 2.05) is 58.4 Å². The molecule has 6 heteroatoms. The number of aryl methyl sites for hydroxylation is 3. The van der Waals surface area contributed by atoms with Crippen molar-refractivity contribution in [1.82, 2.24) is 9.80 Å². The van der Waals surface area contributed by atoms with Gasteiger partial charge >= 0.3 is 0 Å². The molecule has 0 aliphatic carbocycles. The molecule has 1 amide bonds. The first kappa shape index (κ1) is 21.3. The molecule has 2 heterocycles. The molecule has 1 N–H and O–H groups in total. The van der Waals surface area contributed by atoms with E-state index in [2.05, 4.69) is 4.90 Å². The number of amides is 1. The van der Waals surface area contributed by atoms with Gasteiger partial charge in [-0.2, -0.15) is 0 Å². The maximum Gasteiger partial charge on any atom is 0.295 e. The topological polar surface area (TPSA) is 60.9 Å². The molecule has 1 aromatic heterocycles. The number of benzene rings is 1. The molecular weight excluding hydrogens is 384 g/mol. The maximum atomic E-state index is 13.0. The molecule has 1 aliphatic rings. The van der Waals surface area contributed by atoms with E-state index in [4.69, 9.17) is 0 Å². The smallest absolute Gasteiger partial charge is 0.295 e. The number of carbonyl (C=O) groups is 2. The summed E-state index contributed by atoms with van der Waals surface area (Å²) < 4.78 is 0. The minimum Gasteiger partial charge on any atom is -0.507 e. The van der Waals surface area contributed by atoms with Gasteiger partial charge in [-0.05, 0) is 82.0 Å². The van der Waals surface area contributed by atoms with Crippen molar-refractivity contribution in [1.29, 1.82) is 0 Å². The van der Waals surface area contributed by atoms with E-state index in [0.29, 0.717) is 12.1 Å². The lowest BCUT2D eigenvalue weighted by Gasteiger charge is -2.25. The van der Waals surface area contributed by atoms with Gasteiger partial charge in [0.25, 0.3) is 11.7 Å². The third-order valence-corrected chi connectivity index (χ3v) is 6.55. The van der Waals surface area contributed by atoms with Crippen LogP contribution in [0.1, 0.15) is 39.6 Å². The monoisotopic (exact) mass is 412 g/mol. The van der Waals surface area contributed by atoms with Crippen molar-refractivity contribution in [2.45, 2.75) is 33.2 Å². The van der Waals surface area contributed by atoms with Gasteiger partial charge in [0.15, 0.2) is 0 Å². The molecule has 0 bridgehead atoms. The van der Waals surface area contributed by atoms with E-state index in [-0.39, 0.29) is 11.3 Å². The van der Waals surface area contributed by atoms with Crippen LogP contribution in [0.25, 0.3) is 5.76 Å². The minimum atomic E-state index is -0.608. The van der Waals surface area contributed by atoms with Crippen LogP contribution < -0.4 is 0 Å². The van der Waals surface area contributed by atoms with Crippen molar-refractivity contribution in [3.05, 3.63) is 62.3 Å². The molecule has 1 aromatic carbocycles. The third kappa shape index (κ3) is 4.14. The Labute approximate surface area is 176 Å². The third-order valence-electron chi connectivity index (χ3n) is 5.47.